The van der Waals surface area contributed by atoms with Crippen molar-refractivity contribution in [2.45, 2.75) is 18.9 Å². The van der Waals surface area contributed by atoms with Crippen LogP contribution in [0.15, 0.2) is 42.5 Å². The maximum Gasteiger partial charge on any atom is 0.312 e. The molecule has 0 aliphatic carbocycles. The molecule has 0 spiro atoms. The van der Waals surface area contributed by atoms with Crippen LogP contribution in [0, 0.1) is 0 Å². The van der Waals surface area contributed by atoms with Crippen molar-refractivity contribution in [1.82, 2.24) is 5.32 Å². The summed E-state index contributed by atoms with van der Waals surface area (Å²) in [6.07, 6.45) is 0.767. The Morgan fingerprint density at radius 1 is 1.11 bits per heavy atom. The molecule has 1 aliphatic heterocycles. The number of nitrogens with one attached hydrogen (secondary N) is 2. The zero-order chi connectivity index (χ0) is 19.2. The van der Waals surface area contributed by atoms with E-state index in [9.17, 15) is 9.59 Å². The Kier molecular flexibility index (Phi) is 6.03. The first-order valence-electron chi connectivity index (χ1n) is 8.53. The normalized spacial score (nSPS) is 14.0. The van der Waals surface area contributed by atoms with E-state index in [1.807, 2.05) is 30.3 Å². The average molecular weight is 390 g/mol. The number of benzene rings is 2. The molecule has 4 N–H and O–H groups in total. The van der Waals surface area contributed by atoms with E-state index in [2.05, 4.69) is 10.6 Å². The van der Waals surface area contributed by atoms with Gasteiger partial charge in [-0.3, -0.25) is 4.79 Å². The summed E-state index contributed by atoms with van der Waals surface area (Å²) in [4.78, 5) is 23.8. The number of carbonyl (C=O) groups excluding carboxylic acids is 2. The number of hydrogen-bond donors (Lipinski definition) is 3. The molecule has 142 valence electrons. The third kappa shape index (κ3) is 5.04. The second-order valence-electron chi connectivity index (χ2n) is 6.05. The number of hydrogen-bond acceptors (Lipinski definition) is 4. The van der Waals surface area contributed by atoms with Crippen molar-refractivity contribution in [3.63, 3.8) is 0 Å². The first-order chi connectivity index (χ1) is 13.0. The van der Waals surface area contributed by atoms with E-state index in [-0.39, 0.29) is 12.3 Å². The van der Waals surface area contributed by atoms with Crippen LogP contribution in [0.5, 0.6) is 11.5 Å². The van der Waals surface area contributed by atoms with Gasteiger partial charge in [0.15, 0.2) is 11.5 Å². The van der Waals surface area contributed by atoms with Gasteiger partial charge in [0.1, 0.15) is 0 Å². The number of urea groups is 1. The third-order valence-corrected chi connectivity index (χ3v) is 4.33. The maximum absolute atomic E-state index is 12.5. The quantitative estimate of drug-likeness (QED) is 0.730. The van der Waals surface area contributed by atoms with Crippen molar-refractivity contribution >= 4 is 29.2 Å². The number of ether oxygens (including phenoxy) is 2. The molecule has 0 saturated heterocycles. The molecule has 0 saturated carbocycles. The molecular weight excluding hydrogens is 370 g/mol. The van der Waals surface area contributed by atoms with Crippen LogP contribution in [-0.2, 0) is 4.79 Å². The number of primary amides is 1. The Bertz CT molecular complexity index is 829. The van der Waals surface area contributed by atoms with Crippen molar-refractivity contribution in [3.8, 4) is 11.5 Å². The van der Waals surface area contributed by atoms with Crippen LogP contribution >= 0.6 is 11.6 Å². The van der Waals surface area contributed by atoms with Crippen LogP contribution in [0.4, 0.5) is 10.5 Å². The van der Waals surface area contributed by atoms with E-state index in [0.29, 0.717) is 35.4 Å². The van der Waals surface area contributed by atoms with Gasteiger partial charge in [0.25, 0.3) is 0 Å². The molecule has 0 fully saturated rings. The fourth-order valence-corrected chi connectivity index (χ4v) is 2.98. The molecule has 7 nitrogen and oxygen atoms in total. The van der Waals surface area contributed by atoms with Crippen LogP contribution < -0.4 is 25.8 Å². The molecule has 1 aliphatic rings. The fourth-order valence-electron chi connectivity index (χ4n) is 2.78. The van der Waals surface area contributed by atoms with Crippen LogP contribution in [0.1, 0.15) is 24.4 Å². The van der Waals surface area contributed by atoms with E-state index in [4.69, 9.17) is 26.8 Å². The average Bonchev–Trinajstić information content (AvgIpc) is 2.87. The number of amides is 3. The number of nitrogens with two attached hydrogens (primary N) is 1. The fraction of sp³-hybridized carbons (Fsp3) is 0.263. The van der Waals surface area contributed by atoms with Crippen molar-refractivity contribution in [2.75, 3.05) is 18.5 Å². The Hall–Kier alpha value is -2.93. The number of anilines is 1. The molecule has 1 atom stereocenters. The van der Waals surface area contributed by atoms with Gasteiger partial charge in [0.2, 0.25) is 5.91 Å². The molecule has 0 bridgehead atoms. The minimum absolute atomic E-state index is 0.00226. The number of halogens is 1. The zero-order valence-electron chi connectivity index (χ0n) is 14.5. The highest BCUT2D eigenvalue weighted by atomic mass is 35.5. The topological polar surface area (TPSA) is 103 Å². The van der Waals surface area contributed by atoms with Crippen molar-refractivity contribution in [1.29, 1.82) is 0 Å². The predicted octanol–water partition coefficient (Wildman–Crippen LogP) is 3.24. The van der Waals surface area contributed by atoms with Gasteiger partial charge in [-0.1, -0.05) is 41.9 Å². The lowest BCUT2D eigenvalue weighted by Crippen LogP contribution is -2.35. The van der Waals surface area contributed by atoms with Gasteiger partial charge in [0.05, 0.1) is 36.4 Å². The van der Waals surface area contributed by atoms with Gasteiger partial charge >= 0.3 is 6.03 Å². The first-order valence-corrected chi connectivity index (χ1v) is 8.90. The highest BCUT2D eigenvalue weighted by Gasteiger charge is 2.20. The highest BCUT2D eigenvalue weighted by molar-refractivity contribution is 6.34. The minimum Gasteiger partial charge on any atom is -0.490 e. The van der Waals surface area contributed by atoms with Gasteiger partial charge in [-0.2, -0.15) is 0 Å². The minimum atomic E-state index is -0.703. The van der Waals surface area contributed by atoms with Crippen LogP contribution in [0.2, 0.25) is 5.02 Å². The Morgan fingerprint density at radius 3 is 2.44 bits per heavy atom. The summed E-state index contributed by atoms with van der Waals surface area (Å²) in [5.41, 5.74) is 6.43. The standard InChI is InChI=1S/C19H20ClN3O4/c20-13-9-16-17(27-8-4-7-26-16)10-15(13)22-18(24)11-14(23-19(21)25)12-5-2-1-3-6-12/h1-3,5-6,9-10,14H,4,7-8,11H2,(H,22,24)(H3,21,23,25). The van der Waals surface area contributed by atoms with Crippen LogP contribution in [0.25, 0.3) is 0 Å². The molecule has 0 aromatic heterocycles. The van der Waals surface area contributed by atoms with Crippen LogP contribution in [-0.4, -0.2) is 25.2 Å². The molecular formula is C19H20ClN3O4. The number of carbonyl (C=O) groups is 2. The predicted molar refractivity (Wildman–Crippen MR) is 102 cm³/mol. The molecule has 3 rings (SSSR count). The Morgan fingerprint density at radius 2 is 1.78 bits per heavy atom. The summed E-state index contributed by atoms with van der Waals surface area (Å²) in [5, 5.41) is 5.68. The van der Waals surface area contributed by atoms with Gasteiger partial charge in [0, 0.05) is 18.6 Å². The smallest absolute Gasteiger partial charge is 0.312 e. The maximum atomic E-state index is 12.5. The zero-order valence-corrected chi connectivity index (χ0v) is 15.3. The second-order valence-corrected chi connectivity index (χ2v) is 6.46. The molecule has 1 heterocycles. The summed E-state index contributed by atoms with van der Waals surface area (Å²) in [6.45, 7) is 1.08. The summed E-state index contributed by atoms with van der Waals surface area (Å²) in [7, 11) is 0. The monoisotopic (exact) mass is 389 g/mol. The lowest BCUT2D eigenvalue weighted by molar-refractivity contribution is -0.116. The summed E-state index contributed by atoms with van der Waals surface area (Å²) < 4.78 is 11.2. The van der Waals surface area contributed by atoms with E-state index >= 15 is 0 Å². The largest absolute Gasteiger partial charge is 0.490 e. The van der Waals surface area contributed by atoms with Crippen molar-refractivity contribution < 1.29 is 19.1 Å². The van der Waals surface area contributed by atoms with E-state index in [1.165, 1.54) is 0 Å². The van der Waals surface area contributed by atoms with Crippen molar-refractivity contribution in [3.05, 3.63) is 53.1 Å². The first kappa shape index (κ1) is 18.8. The molecule has 2 aromatic rings. The number of rotatable bonds is 5. The molecule has 1 unspecified atom stereocenters. The summed E-state index contributed by atoms with van der Waals surface area (Å²) in [6, 6.07) is 11.1. The van der Waals surface area contributed by atoms with E-state index in [1.54, 1.807) is 12.1 Å². The Labute approximate surface area is 161 Å². The van der Waals surface area contributed by atoms with Gasteiger partial charge in [-0.15, -0.1) is 0 Å². The van der Waals surface area contributed by atoms with E-state index < -0.39 is 12.1 Å². The SMILES string of the molecule is NC(=O)NC(CC(=O)Nc1cc2c(cc1Cl)OCCCO2)c1ccccc1. The van der Waals surface area contributed by atoms with Gasteiger partial charge in [-0.05, 0) is 5.56 Å². The highest BCUT2D eigenvalue weighted by Crippen LogP contribution is 2.37. The van der Waals surface area contributed by atoms with Crippen LogP contribution in [0.3, 0.4) is 0 Å². The van der Waals surface area contributed by atoms with Gasteiger partial charge < -0.3 is 25.8 Å². The van der Waals surface area contributed by atoms with Gasteiger partial charge in [-0.25, -0.2) is 4.79 Å². The Balaban J connectivity index is 1.74. The summed E-state index contributed by atoms with van der Waals surface area (Å²) >= 11 is 6.26. The molecule has 27 heavy (non-hydrogen) atoms. The third-order valence-electron chi connectivity index (χ3n) is 4.02. The molecule has 8 heteroatoms. The lowest BCUT2D eigenvalue weighted by Gasteiger charge is -2.18. The van der Waals surface area contributed by atoms with E-state index in [0.717, 1.165) is 12.0 Å². The molecule has 3 amide bonds. The van der Waals surface area contributed by atoms with Crippen molar-refractivity contribution in [2.24, 2.45) is 5.73 Å². The lowest BCUT2D eigenvalue weighted by atomic mass is 10.0. The molecule has 2 aromatic carbocycles. The summed E-state index contributed by atoms with van der Waals surface area (Å²) in [5.74, 6) is 0.754. The number of fused-ring (bicyclic) bond motifs is 1. The second kappa shape index (κ2) is 8.64. The molecule has 0 radical (unpaired) electrons.